The second-order valence-corrected chi connectivity index (χ2v) is 4.33. The van der Waals surface area contributed by atoms with Gasteiger partial charge in [0.2, 0.25) is 0 Å². The molecule has 1 aromatic carbocycles. The molecular formula is C16H18O7. The van der Waals surface area contributed by atoms with Gasteiger partial charge in [0.25, 0.3) is 0 Å². The third-order valence-corrected chi connectivity index (χ3v) is 2.46. The first-order valence-electron chi connectivity index (χ1n) is 7.02. The number of phenols is 1. The van der Waals surface area contributed by atoms with Gasteiger partial charge in [-0.1, -0.05) is 6.07 Å². The highest BCUT2D eigenvalue weighted by Crippen LogP contribution is 2.18. The molecule has 1 aromatic rings. The zero-order valence-corrected chi connectivity index (χ0v) is 12.7. The molecule has 1 N–H and O–H groups in total. The molecule has 0 heterocycles. The van der Waals surface area contributed by atoms with E-state index in [1.54, 1.807) is 13.0 Å². The van der Waals surface area contributed by atoms with E-state index in [1.165, 1.54) is 18.2 Å². The number of esters is 3. The van der Waals surface area contributed by atoms with Crippen LogP contribution in [0.1, 0.15) is 19.8 Å². The van der Waals surface area contributed by atoms with Crippen molar-refractivity contribution in [3.8, 4) is 11.5 Å². The van der Waals surface area contributed by atoms with Crippen molar-refractivity contribution >= 4 is 17.9 Å². The van der Waals surface area contributed by atoms with E-state index in [2.05, 4.69) is 4.74 Å². The summed E-state index contributed by atoms with van der Waals surface area (Å²) in [5, 5.41) is 9.24. The van der Waals surface area contributed by atoms with E-state index in [1.807, 2.05) is 0 Å². The average Bonchev–Trinajstić information content (AvgIpc) is 2.50. The molecule has 23 heavy (non-hydrogen) atoms. The molecule has 0 unspecified atom stereocenters. The number of phenolic OH excluding ortho intramolecular Hbond substituents is 1. The van der Waals surface area contributed by atoms with Gasteiger partial charge in [0.1, 0.15) is 11.5 Å². The van der Waals surface area contributed by atoms with Gasteiger partial charge in [0, 0.05) is 24.6 Å². The number of carbonyl (C=O) groups is 3. The van der Waals surface area contributed by atoms with Crippen molar-refractivity contribution in [3.63, 3.8) is 0 Å². The number of benzene rings is 1. The first kappa shape index (κ1) is 18.2. The van der Waals surface area contributed by atoms with E-state index in [9.17, 15) is 19.5 Å². The van der Waals surface area contributed by atoms with Crippen molar-refractivity contribution in [1.29, 1.82) is 0 Å². The van der Waals surface area contributed by atoms with Crippen LogP contribution in [-0.4, -0.2) is 36.2 Å². The second kappa shape index (κ2) is 9.99. The van der Waals surface area contributed by atoms with E-state index < -0.39 is 17.9 Å². The van der Waals surface area contributed by atoms with Crippen LogP contribution in [0.15, 0.2) is 36.4 Å². The van der Waals surface area contributed by atoms with Gasteiger partial charge in [0.15, 0.2) is 0 Å². The molecule has 0 atom stereocenters. The van der Waals surface area contributed by atoms with E-state index in [-0.39, 0.29) is 37.6 Å². The Morgan fingerprint density at radius 2 is 1.83 bits per heavy atom. The molecule has 0 radical (unpaired) electrons. The normalized spacial score (nSPS) is 10.3. The summed E-state index contributed by atoms with van der Waals surface area (Å²) >= 11 is 0. The lowest BCUT2D eigenvalue weighted by molar-refractivity contribution is -0.141. The van der Waals surface area contributed by atoms with Crippen LogP contribution in [0.3, 0.4) is 0 Å². The van der Waals surface area contributed by atoms with Crippen LogP contribution in [0, 0.1) is 0 Å². The zero-order chi connectivity index (χ0) is 17.1. The number of hydrogen-bond acceptors (Lipinski definition) is 7. The largest absolute Gasteiger partial charge is 0.508 e. The minimum atomic E-state index is -0.695. The Balaban J connectivity index is 2.20. The van der Waals surface area contributed by atoms with Gasteiger partial charge in [-0.2, -0.15) is 0 Å². The summed E-state index contributed by atoms with van der Waals surface area (Å²) in [7, 11) is 0. The summed E-state index contributed by atoms with van der Waals surface area (Å²) in [4.78, 5) is 33.8. The highest BCUT2D eigenvalue weighted by Gasteiger charge is 2.06. The van der Waals surface area contributed by atoms with Crippen LogP contribution in [0.4, 0.5) is 0 Å². The molecule has 0 bridgehead atoms. The highest BCUT2D eigenvalue weighted by atomic mass is 16.5. The van der Waals surface area contributed by atoms with Crippen LogP contribution in [0.2, 0.25) is 0 Å². The van der Waals surface area contributed by atoms with E-state index >= 15 is 0 Å². The lowest BCUT2D eigenvalue weighted by atomic mass is 10.3. The maximum atomic E-state index is 11.5. The van der Waals surface area contributed by atoms with Gasteiger partial charge in [-0.25, -0.2) is 9.59 Å². The summed E-state index contributed by atoms with van der Waals surface area (Å²) in [6.45, 7) is 1.89. The topological polar surface area (TPSA) is 99.1 Å². The minimum Gasteiger partial charge on any atom is -0.508 e. The lowest BCUT2D eigenvalue weighted by Gasteiger charge is -2.05. The van der Waals surface area contributed by atoms with Gasteiger partial charge in [-0.15, -0.1) is 0 Å². The maximum absolute atomic E-state index is 11.5. The first-order valence-corrected chi connectivity index (χ1v) is 7.02. The molecule has 0 saturated heterocycles. The fourth-order valence-corrected chi connectivity index (χ4v) is 1.49. The predicted molar refractivity (Wildman–Crippen MR) is 79.7 cm³/mol. The second-order valence-electron chi connectivity index (χ2n) is 4.33. The Hall–Kier alpha value is -2.83. The molecule has 0 aliphatic carbocycles. The molecule has 0 spiro atoms. The molecule has 124 valence electrons. The van der Waals surface area contributed by atoms with Gasteiger partial charge < -0.3 is 19.3 Å². The summed E-state index contributed by atoms with van der Waals surface area (Å²) in [6.07, 6.45) is 2.26. The van der Waals surface area contributed by atoms with Crippen molar-refractivity contribution in [3.05, 3.63) is 36.4 Å². The summed E-state index contributed by atoms with van der Waals surface area (Å²) in [5.41, 5.74) is 0. The SMILES string of the molecule is CCOC(=O)/C=C\C(=O)OCCCC(=O)Oc1cccc(O)c1. The predicted octanol–water partition coefficient (Wildman–Crippen LogP) is 1.74. The highest BCUT2D eigenvalue weighted by molar-refractivity contribution is 5.91. The number of rotatable bonds is 8. The minimum absolute atomic E-state index is 0.00221. The van der Waals surface area contributed by atoms with E-state index in [4.69, 9.17) is 9.47 Å². The fourth-order valence-electron chi connectivity index (χ4n) is 1.49. The summed E-state index contributed by atoms with van der Waals surface area (Å²) in [6, 6.07) is 5.87. The molecular weight excluding hydrogens is 304 g/mol. The van der Waals surface area contributed by atoms with Gasteiger partial charge in [-0.3, -0.25) is 4.79 Å². The number of hydrogen-bond donors (Lipinski definition) is 1. The van der Waals surface area contributed by atoms with Crippen molar-refractivity contribution in [2.75, 3.05) is 13.2 Å². The quantitative estimate of drug-likeness (QED) is 0.337. The molecule has 0 saturated carbocycles. The Morgan fingerprint density at radius 1 is 1.13 bits per heavy atom. The Bertz CT molecular complexity index is 578. The van der Waals surface area contributed by atoms with Crippen LogP contribution < -0.4 is 4.74 Å². The maximum Gasteiger partial charge on any atom is 0.331 e. The van der Waals surface area contributed by atoms with Crippen LogP contribution >= 0.6 is 0 Å². The molecule has 0 aliphatic heterocycles. The zero-order valence-electron chi connectivity index (χ0n) is 12.7. The molecule has 1 rings (SSSR count). The van der Waals surface area contributed by atoms with E-state index in [0.717, 1.165) is 12.2 Å². The Labute approximate surface area is 133 Å². The fraction of sp³-hybridized carbons (Fsp3) is 0.312. The van der Waals surface area contributed by atoms with Crippen LogP contribution in [0.25, 0.3) is 0 Å². The molecule has 7 heteroatoms. The molecule has 0 amide bonds. The Kier molecular flexibility index (Phi) is 7.91. The summed E-state index contributed by atoms with van der Waals surface area (Å²) in [5.74, 6) is -1.59. The number of carbonyl (C=O) groups excluding carboxylic acids is 3. The molecule has 7 nitrogen and oxygen atoms in total. The third-order valence-electron chi connectivity index (χ3n) is 2.46. The molecule has 0 aliphatic rings. The number of ether oxygens (including phenoxy) is 3. The third kappa shape index (κ3) is 8.25. The van der Waals surface area contributed by atoms with Crippen LogP contribution in [0.5, 0.6) is 11.5 Å². The van der Waals surface area contributed by atoms with Crippen molar-refractivity contribution < 1.29 is 33.7 Å². The summed E-state index contributed by atoms with van der Waals surface area (Å²) < 4.78 is 14.4. The Morgan fingerprint density at radius 3 is 2.48 bits per heavy atom. The number of aromatic hydroxyl groups is 1. The lowest BCUT2D eigenvalue weighted by Crippen LogP contribution is -2.10. The average molecular weight is 322 g/mol. The molecule has 0 aromatic heterocycles. The van der Waals surface area contributed by atoms with Crippen molar-refractivity contribution in [1.82, 2.24) is 0 Å². The van der Waals surface area contributed by atoms with Gasteiger partial charge in [-0.05, 0) is 25.5 Å². The monoisotopic (exact) mass is 322 g/mol. The smallest absolute Gasteiger partial charge is 0.331 e. The molecule has 0 fully saturated rings. The van der Waals surface area contributed by atoms with Gasteiger partial charge >= 0.3 is 17.9 Å². The van der Waals surface area contributed by atoms with Crippen LogP contribution in [-0.2, 0) is 23.9 Å². The first-order chi connectivity index (χ1) is 11.0. The van der Waals surface area contributed by atoms with Crippen molar-refractivity contribution in [2.24, 2.45) is 0 Å². The van der Waals surface area contributed by atoms with E-state index in [0.29, 0.717) is 0 Å². The van der Waals surface area contributed by atoms with Crippen molar-refractivity contribution in [2.45, 2.75) is 19.8 Å². The van der Waals surface area contributed by atoms with Gasteiger partial charge in [0.05, 0.1) is 13.2 Å². The standard InChI is InChI=1S/C16H18O7/c1-2-21-14(18)8-9-15(19)22-10-4-7-16(20)23-13-6-3-5-12(17)11-13/h3,5-6,8-9,11,17H,2,4,7,10H2,1H3/b9-8-.